The lowest BCUT2D eigenvalue weighted by Crippen LogP contribution is -2.42. The molecule has 0 saturated carbocycles. The number of hydrogen-bond donors (Lipinski definition) is 1. The average Bonchev–Trinajstić information content (AvgIpc) is 2.64. The zero-order chi connectivity index (χ0) is 20.7. The number of likely N-dealkylation sites (tertiary alicyclic amines) is 1. The Morgan fingerprint density at radius 3 is 2.46 bits per heavy atom. The number of pyridine rings is 1. The van der Waals surface area contributed by atoms with Crippen LogP contribution in [-0.2, 0) is 17.1 Å². The first kappa shape index (κ1) is 20.4. The van der Waals surface area contributed by atoms with Gasteiger partial charge in [0.2, 0.25) is 6.41 Å². The van der Waals surface area contributed by atoms with Gasteiger partial charge in [0.1, 0.15) is 11.8 Å². The van der Waals surface area contributed by atoms with E-state index in [2.05, 4.69) is 4.98 Å². The van der Waals surface area contributed by atoms with Crippen molar-refractivity contribution in [2.75, 3.05) is 6.54 Å². The van der Waals surface area contributed by atoms with Crippen molar-refractivity contribution in [1.82, 2.24) is 9.88 Å². The molecule has 1 N–H and O–H groups in total. The van der Waals surface area contributed by atoms with E-state index in [1.807, 2.05) is 0 Å². The number of aliphatic hydroxyl groups excluding tert-OH is 1. The van der Waals surface area contributed by atoms with Crippen LogP contribution >= 0.6 is 0 Å². The summed E-state index contributed by atoms with van der Waals surface area (Å²) in [7, 11) is 0. The second kappa shape index (κ2) is 7.23. The normalized spacial score (nSPS) is 19.7. The lowest BCUT2D eigenvalue weighted by Gasteiger charge is -2.36. The van der Waals surface area contributed by atoms with E-state index in [1.165, 1.54) is 11.0 Å². The van der Waals surface area contributed by atoms with E-state index in [4.69, 9.17) is 0 Å². The summed E-state index contributed by atoms with van der Waals surface area (Å²) in [5.74, 6) is 0. The highest BCUT2D eigenvalue weighted by Crippen LogP contribution is 2.40. The van der Waals surface area contributed by atoms with E-state index in [0.717, 1.165) is 6.07 Å². The summed E-state index contributed by atoms with van der Waals surface area (Å²) in [5, 5.41) is 10.5. The maximum atomic E-state index is 13.3. The van der Waals surface area contributed by atoms with Crippen molar-refractivity contribution in [2.24, 2.45) is 0 Å². The Hall–Kier alpha value is -2.36. The zero-order valence-corrected chi connectivity index (χ0v) is 14.4. The van der Waals surface area contributed by atoms with E-state index in [1.54, 1.807) is 0 Å². The van der Waals surface area contributed by atoms with Crippen LogP contribution in [0.5, 0.6) is 0 Å². The van der Waals surface area contributed by atoms with Gasteiger partial charge in [0.05, 0.1) is 17.1 Å². The number of amides is 1. The predicted octanol–water partition coefficient (Wildman–Crippen LogP) is 4.32. The van der Waals surface area contributed by atoms with E-state index in [9.17, 15) is 36.2 Å². The molecule has 1 aromatic heterocycles. The van der Waals surface area contributed by atoms with Crippen molar-refractivity contribution in [3.8, 4) is 0 Å². The minimum Gasteiger partial charge on any atom is -0.386 e. The first-order valence-electron chi connectivity index (χ1n) is 8.51. The predicted molar refractivity (Wildman–Crippen MR) is 87.1 cm³/mol. The van der Waals surface area contributed by atoms with Gasteiger partial charge in [0.15, 0.2) is 0 Å². The molecule has 3 rings (SSSR count). The number of piperidine rings is 1. The van der Waals surface area contributed by atoms with E-state index in [0.29, 0.717) is 44.4 Å². The molecule has 2 unspecified atom stereocenters. The molecule has 28 heavy (non-hydrogen) atoms. The van der Waals surface area contributed by atoms with Crippen LogP contribution in [0.3, 0.4) is 0 Å². The molecular weight excluding hydrogens is 390 g/mol. The first-order chi connectivity index (χ1) is 13.0. The number of carbonyl (C=O) groups excluding carboxylic acids is 1. The molecule has 0 spiro atoms. The molecule has 2 heterocycles. The number of carbonyl (C=O) groups is 1. The van der Waals surface area contributed by atoms with Crippen LogP contribution in [0.25, 0.3) is 10.9 Å². The molecule has 1 aliphatic rings. The largest absolute Gasteiger partial charge is 0.433 e. The van der Waals surface area contributed by atoms with Gasteiger partial charge in [-0.1, -0.05) is 12.1 Å². The summed E-state index contributed by atoms with van der Waals surface area (Å²) < 4.78 is 79.8. The van der Waals surface area contributed by atoms with Gasteiger partial charge in [-0.2, -0.15) is 26.3 Å². The first-order valence-corrected chi connectivity index (χ1v) is 8.51. The number of nitrogens with zero attached hydrogens (tertiary/aromatic N) is 2. The molecule has 4 nitrogen and oxygen atoms in total. The molecule has 1 aliphatic heterocycles. The van der Waals surface area contributed by atoms with Crippen LogP contribution in [0.2, 0.25) is 0 Å². The molecule has 0 aliphatic carbocycles. The number of hydrogen-bond acceptors (Lipinski definition) is 3. The number of alkyl halides is 6. The lowest BCUT2D eigenvalue weighted by molar-refractivity contribution is -0.142. The SMILES string of the molecule is O=CN1CCCCC1C(O)c1cc(C(F)(F)F)nc2c(C(F)(F)F)cccc12. The van der Waals surface area contributed by atoms with E-state index < -0.39 is 41.3 Å². The van der Waals surface area contributed by atoms with Crippen LogP contribution in [0, 0.1) is 0 Å². The van der Waals surface area contributed by atoms with Crippen molar-refractivity contribution in [2.45, 2.75) is 43.8 Å². The van der Waals surface area contributed by atoms with Crippen molar-refractivity contribution in [3.63, 3.8) is 0 Å². The van der Waals surface area contributed by atoms with Crippen molar-refractivity contribution in [3.05, 3.63) is 41.1 Å². The molecular formula is C18H16F6N2O2. The molecule has 2 aromatic rings. The summed E-state index contributed by atoms with van der Waals surface area (Å²) in [6.45, 7) is 0.314. The molecule has 1 aromatic carbocycles. The molecule has 0 radical (unpaired) electrons. The quantitative estimate of drug-likeness (QED) is 0.610. The average molecular weight is 406 g/mol. The highest BCUT2D eigenvalue weighted by Gasteiger charge is 2.39. The second-order valence-electron chi connectivity index (χ2n) is 6.65. The summed E-state index contributed by atoms with van der Waals surface area (Å²) in [5.41, 5.74) is -4.06. The third kappa shape index (κ3) is 3.78. The van der Waals surface area contributed by atoms with Gasteiger partial charge in [-0.25, -0.2) is 4.98 Å². The standard InChI is InChI=1S/C18H16F6N2O2/c19-17(20,21)12-5-3-4-10-11(8-14(18(22,23)24)25-15(10)12)16(28)13-6-1-2-7-26(13)9-27/h3-5,8-9,13,16,28H,1-2,6-7H2. The van der Waals surface area contributed by atoms with Gasteiger partial charge in [0.25, 0.3) is 0 Å². The number of aliphatic hydroxyl groups is 1. The van der Waals surface area contributed by atoms with Gasteiger partial charge in [-0.15, -0.1) is 0 Å². The smallest absolute Gasteiger partial charge is 0.386 e. The molecule has 1 saturated heterocycles. The van der Waals surface area contributed by atoms with Crippen LogP contribution in [0.1, 0.15) is 42.2 Å². The van der Waals surface area contributed by atoms with Gasteiger partial charge >= 0.3 is 12.4 Å². The molecule has 0 bridgehead atoms. The highest BCUT2D eigenvalue weighted by atomic mass is 19.4. The van der Waals surface area contributed by atoms with Crippen LogP contribution < -0.4 is 0 Å². The van der Waals surface area contributed by atoms with Gasteiger partial charge in [0, 0.05) is 11.9 Å². The number of para-hydroxylation sites is 1. The van der Waals surface area contributed by atoms with Crippen LogP contribution in [0.4, 0.5) is 26.3 Å². The fourth-order valence-corrected chi connectivity index (χ4v) is 3.55. The Kier molecular flexibility index (Phi) is 5.26. The van der Waals surface area contributed by atoms with Crippen molar-refractivity contribution < 1.29 is 36.2 Å². The molecule has 152 valence electrons. The molecule has 1 amide bonds. The summed E-state index contributed by atoms with van der Waals surface area (Å²) >= 11 is 0. The monoisotopic (exact) mass is 406 g/mol. The molecule has 2 atom stereocenters. The number of fused-ring (bicyclic) bond motifs is 1. The number of aromatic nitrogens is 1. The van der Waals surface area contributed by atoms with E-state index in [-0.39, 0.29) is 10.9 Å². The van der Waals surface area contributed by atoms with Crippen molar-refractivity contribution in [1.29, 1.82) is 0 Å². The molecule has 1 fully saturated rings. The van der Waals surface area contributed by atoms with Crippen LogP contribution in [0.15, 0.2) is 24.3 Å². The Bertz CT molecular complexity index is 881. The third-order valence-electron chi connectivity index (χ3n) is 4.88. The summed E-state index contributed by atoms with van der Waals surface area (Å²) in [6, 6.07) is 2.61. The fourth-order valence-electron chi connectivity index (χ4n) is 3.55. The maximum Gasteiger partial charge on any atom is 0.433 e. The second-order valence-corrected chi connectivity index (χ2v) is 6.65. The van der Waals surface area contributed by atoms with Gasteiger partial charge < -0.3 is 10.0 Å². The Labute approximate surface area is 155 Å². The van der Waals surface area contributed by atoms with Crippen molar-refractivity contribution >= 4 is 17.3 Å². The Balaban J connectivity index is 2.24. The van der Waals surface area contributed by atoms with E-state index >= 15 is 0 Å². The third-order valence-corrected chi connectivity index (χ3v) is 4.88. The maximum absolute atomic E-state index is 13.3. The number of rotatable bonds is 3. The molecule has 10 heteroatoms. The Morgan fingerprint density at radius 1 is 1.14 bits per heavy atom. The number of halogens is 6. The number of benzene rings is 1. The summed E-state index contributed by atoms with van der Waals surface area (Å²) in [6.07, 6.45) is -9.39. The minimum absolute atomic E-state index is 0.230. The topological polar surface area (TPSA) is 53.4 Å². The lowest BCUT2D eigenvalue weighted by atomic mass is 9.90. The van der Waals surface area contributed by atoms with Gasteiger partial charge in [-0.05, 0) is 37.0 Å². The fraction of sp³-hybridized carbons (Fsp3) is 0.444. The van der Waals surface area contributed by atoms with Gasteiger partial charge in [-0.3, -0.25) is 4.79 Å². The zero-order valence-electron chi connectivity index (χ0n) is 14.4. The Morgan fingerprint density at radius 2 is 1.86 bits per heavy atom. The highest BCUT2D eigenvalue weighted by molar-refractivity contribution is 5.86. The minimum atomic E-state index is -5.00. The van der Waals surface area contributed by atoms with Crippen LogP contribution in [-0.4, -0.2) is 34.0 Å². The summed E-state index contributed by atoms with van der Waals surface area (Å²) in [4.78, 5) is 15.7.